The molecule has 3 rings (SSSR count). The van der Waals surface area contributed by atoms with Crippen molar-refractivity contribution in [3.63, 3.8) is 0 Å². The van der Waals surface area contributed by atoms with Crippen LogP contribution in [0.2, 0.25) is 5.02 Å². The quantitative estimate of drug-likeness (QED) is 0.276. The van der Waals surface area contributed by atoms with Gasteiger partial charge in [-0.3, -0.25) is 13.9 Å². The van der Waals surface area contributed by atoms with Gasteiger partial charge in [-0.05, 0) is 99.3 Å². The number of esters is 1. The van der Waals surface area contributed by atoms with Crippen molar-refractivity contribution >= 4 is 60.8 Å². The Kier molecular flexibility index (Phi) is 9.62. The minimum atomic E-state index is -3.99. The number of carbonyl (C=O) groups excluding carboxylic acids is 2. The smallest absolute Gasteiger partial charge is 0.308 e. The molecule has 3 aromatic rings. The van der Waals surface area contributed by atoms with Crippen LogP contribution in [0.4, 0.5) is 11.4 Å². The predicted octanol–water partition coefficient (Wildman–Crippen LogP) is 6.49. The summed E-state index contributed by atoms with van der Waals surface area (Å²) < 4.78 is 34.4. The summed E-state index contributed by atoms with van der Waals surface area (Å²) in [6, 6.07) is 15.3. The largest absolute Gasteiger partial charge is 0.452 e. The molecule has 10 heteroatoms. The van der Waals surface area contributed by atoms with Gasteiger partial charge in [0.15, 0.2) is 6.10 Å². The van der Waals surface area contributed by atoms with Crippen LogP contribution in [0.5, 0.6) is 0 Å². The van der Waals surface area contributed by atoms with Crippen molar-refractivity contribution in [2.75, 3.05) is 16.2 Å². The zero-order chi connectivity index (χ0) is 28.2. The molecule has 1 amide bonds. The third kappa shape index (κ3) is 7.36. The van der Waals surface area contributed by atoms with E-state index in [9.17, 15) is 18.0 Å². The van der Waals surface area contributed by atoms with E-state index < -0.39 is 28.0 Å². The standard InChI is InChI=1S/C28H30BrClN2O5S/c1-17-12-18(2)15-23(14-17)32(38(35,36)24-8-6-22(29)7-9-24)11-10-26(33)37-21(5)28(34)31-27-20(4)13-19(3)16-25(27)30/h6-9,12-16,21H,10-11H2,1-5H3,(H,31,34). The van der Waals surface area contributed by atoms with Crippen LogP contribution in [-0.2, 0) is 24.3 Å². The fourth-order valence-electron chi connectivity index (χ4n) is 4.02. The Labute approximate surface area is 237 Å². The average molecular weight is 622 g/mol. The number of ether oxygens (including phenoxy) is 1. The second-order valence-corrected chi connectivity index (χ2v) is 12.4. The van der Waals surface area contributed by atoms with E-state index in [-0.39, 0.29) is 17.9 Å². The lowest BCUT2D eigenvalue weighted by molar-refractivity contribution is -0.152. The van der Waals surface area contributed by atoms with E-state index in [2.05, 4.69) is 21.2 Å². The second-order valence-electron chi connectivity index (χ2n) is 9.19. The molecule has 0 aliphatic heterocycles. The third-order valence-electron chi connectivity index (χ3n) is 5.77. The molecule has 0 radical (unpaired) electrons. The first-order valence-corrected chi connectivity index (χ1v) is 14.5. The number of amides is 1. The lowest BCUT2D eigenvalue weighted by atomic mass is 10.1. The van der Waals surface area contributed by atoms with Gasteiger partial charge in [0.1, 0.15) is 0 Å². The number of hydrogen-bond donors (Lipinski definition) is 1. The molecular formula is C28H30BrClN2O5S. The van der Waals surface area contributed by atoms with E-state index in [1.807, 2.05) is 39.8 Å². The second kappa shape index (κ2) is 12.3. The van der Waals surface area contributed by atoms with Gasteiger partial charge < -0.3 is 10.1 Å². The lowest BCUT2D eigenvalue weighted by Gasteiger charge is -2.25. The molecule has 1 atom stereocenters. The number of hydrogen-bond acceptors (Lipinski definition) is 5. The first-order chi connectivity index (χ1) is 17.8. The third-order valence-corrected chi connectivity index (χ3v) is 8.44. The molecule has 1 unspecified atom stereocenters. The molecule has 0 fully saturated rings. The summed E-state index contributed by atoms with van der Waals surface area (Å²) >= 11 is 9.59. The SMILES string of the molecule is Cc1cc(C)cc(N(CCC(=O)OC(C)C(=O)Nc2c(C)cc(C)cc2Cl)S(=O)(=O)c2ccc(Br)cc2)c1. The molecule has 0 heterocycles. The first kappa shape index (κ1) is 29.7. The molecule has 0 saturated carbocycles. The minimum absolute atomic E-state index is 0.0892. The molecule has 202 valence electrons. The topological polar surface area (TPSA) is 92.8 Å². The highest BCUT2D eigenvalue weighted by molar-refractivity contribution is 9.10. The molecule has 1 N–H and O–H groups in total. The summed E-state index contributed by atoms with van der Waals surface area (Å²) in [5.74, 6) is -1.25. The van der Waals surface area contributed by atoms with Crippen LogP contribution in [0, 0.1) is 27.7 Å². The van der Waals surface area contributed by atoms with Crippen LogP contribution in [0.3, 0.4) is 0 Å². The van der Waals surface area contributed by atoms with Crippen molar-refractivity contribution in [3.05, 3.63) is 86.3 Å². The zero-order valence-corrected chi connectivity index (χ0v) is 25.0. The summed E-state index contributed by atoms with van der Waals surface area (Å²) in [5, 5.41) is 3.09. The highest BCUT2D eigenvalue weighted by Gasteiger charge is 2.27. The molecule has 3 aromatic carbocycles. The first-order valence-electron chi connectivity index (χ1n) is 11.9. The Morgan fingerprint density at radius 3 is 2.13 bits per heavy atom. The Bertz CT molecular complexity index is 1420. The molecule has 0 aliphatic carbocycles. The van der Waals surface area contributed by atoms with Crippen LogP contribution in [-0.4, -0.2) is 32.9 Å². The summed E-state index contributed by atoms with van der Waals surface area (Å²) in [7, 11) is -3.99. The molecule has 0 bridgehead atoms. The highest BCUT2D eigenvalue weighted by Crippen LogP contribution is 2.29. The number of rotatable bonds is 9. The average Bonchev–Trinajstić information content (AvgIpc) is 2.80. The van der Waals surface area contributed by atoms with Gasteiger partial charge in [-0.1, -0.05) is 39.7 Å². The van der Waals surface area contributed by atoms with Crippen LogP contribution >= 0.6 is 27.5 Å². The van der Waals surface area contributed by atoms with Gasteiger partial charge in [-0.25, -0.2) is 8.42 Å². The highest BCUT2D eigenvalue weighted by atomic mass is 79.9. The van der Waals surface area contributed by atoms with Gasteiger partial charge in [0, 0.05) is 11.0 Å². The van der Waals surface area contributed by atoms with Gasteiger partial charge in [0.05, 0.1) is 27.7 Å². The Morgan fingerprint density at radius 2 is 1.55 bits per heavy atom. The fourth-order valence-corrected chi connectivity index (χ4v) is 6.10. The fraction of sp³-hybridized carbons (Fsp3) is 0.286. The number of sulfonamides is 1. The van der Waals surface area contributed by atoms with Crippen molar-refractivity contribution in [1.29, 1.82) is 0 Å². The molecule has 38 heavy (non-hydrogen) atoms. The Balaban J connectivity index is 1.76. The molecular weight excluding hydrogens is 592 g/mol. The van der Waals surface area contributed by atoms with Gasteiger partial charge in [-0.15, -0.1) is 0 Å². The van der Waals surface area contributed by atoms with E-state index in [0.717, 1.165) is 26.7 Å². The van der Waals surface area contributed by atoms with E-state index >= 15 is 0 Å². The van der Waals surface area contributed by atoms with Gasteiger partial charge in [-0.2, -0.15) is 0 Å². The molecule has 0 saturated heterocycles. The number of nitrogens with zero attached hydrogens (tertiary/aromatic N) is 1. The maximum Gasteiger partial charge on any atom is 0.308 e. The summed E-state index contributed by atoms with van der Waals surface area (Å²) in [4.78, 5) is 25.5. The van der Waals surface area contributed by atoms with Crippen LogP contribution in [0.1, 0.15) is 35.6 Å². The van der Waals surface area contributed by atoms with Gasteiger partial charge in [0.25, 0.3) is 15.9 Å². The lowest BCUT2D eigenvalue weighted by Crippen LogP contribution is -2.35. The van der Waals surface area contributed by atoms with E-state index in [0.29, 0.717) is 16.4 Å². The van der Waals surface area contributed by atoms with Gasteiger partial charge in [0.2, 0.25) is 0 Å². The molecule has 0 spiro atoms. The number of nitrogens with one attached hydrogen (secondary N) is 1. The van der Waals surface area contributed by atoms with Crippen molar-refractivity contribution in [3.8, 4) is 0 Å². The van der Waals surface area contributed by atoms with E-state index in [1.54, 1.807) is 30.3 Å². The maximum absolute atomic E-state index is 13.6. The summed E-state index contributed by atoms with van der Waals surface area (Å²) in [5.41, 5.74) is 4.39. The van der Waals surface area contributed by atoms with E-state index in [1.165, 1.54) is 23.4 Å². The number of aryl methyl sites for hydroxylation is 4. The van der Waals surface area contributed by atoms with Gasteiger partial charge >= 0.3 is 5.97 Å². The molecule has 7 nitrogen and oxygen atoms in total. The van der Waals surface area contributed by atoms with E-state index in [4.69, 9.17) is 16.3 Å². The van der Waals surface area contributed by atoms with Crippen LogP contribution in [0.25, 0.3) is 0 Å². The van der Waals surface area contributed by atoms with Crippen LogP contribution in [0.15, 0.2) is 64.0 Å². The molecule has 0 aromatic heterocycles. The number of carbonyl (C=O) groups is 2. The normalized spacial score (nSPS) is 12.1. The molecule has 0 aliphatic rings. The monoisotopic (exact) mass is 620 g/mol. The number of halogens is 2. The maximum atomic E-state index is 13.6. The summed E-state index contributed by atoms with van der Waals surface area (Å²) in [6.45, 7) is 8.74. The van der Waals surface area contributed by atoms with Crippen LogP contribution < -0.4 is 9.62 Å². The van der Waals surface area contributed by atoms with Crippen molar-refractivity contribution in [2.24, 2.45) is 0 Å². The number of anilines is 2. The summed E-state index contributed by atoms with van der Waals surface area (Å²) in [6.07, 6.45) is -1.37. The zero-order valence-electron chi connectivity index (χ0n) is 21.8. The predicted molar refractivity (Wildman–Crippen MR) is 154 cm³/mol. The number of benzene rings is 3. The minimum Gasteiger partial charge on any atom is -0.452 e. The van der Waals surface area contributed by atoms with Crippen molar-refractivity contribution < 1.29 is 22.7 Å². The van der Waals surface area contributed by atoms with Crippen molar-refractivity contribution in [2.45, 2.75) is 52.0 Å². The van der Waals surface area contributed by atoms with Crippen molar-refractivity contribution in [1.82, 2.24) is 0 Å². The Hall–Kier alpha value is -2.88. The Morgan fingerprint density at radius 1 is 0.974 bits per heavy atom.